The number of amides is 1. The van der Waals surface area contributed by atoms with Gasteiger partial charge in [0.15, 0.2) is 0 Å². The van der Waals surface area contributed by atoms with Crippen molar-refractivity contribution in [2.24, 2.45) is 0 Å². The second kappa shape index (κ2) is 3.48. The summed E-state index contributed by atoms with van der Waals surface area (Å²) in [5, 5.41) is 3.55. The summed E-state index contributed by atoms with van der Waals surface area (Å²) in [6, 6.07) is 0. The molecule has 1 N–H and O–H groups in total. The average Bonchev–Trinajstić information content (AvgIpc) is 2.50. The molecule has 0 unspecified atom stereocenters. The molecule has 60 valence electrons. The zero-order chi connectivity index (χ0) is 8.27. The summed E-state index contributed by atoms with van der Waals surface area (Å²) in [6.45, 7) is 2.02. The smallest absolute Gasteiger partial charge is 0.262 e. The van der Waals surface area contributed by atoms with Crippen LogP contribution in [0.4, 0.5) is 0 Å². The molecule has 0 aliphatic heterocycles. The number of nitrogens with one attached hydrogen (secondary N) is 1. The van der Waals surface area contributed by atoms with Crippen molar-refractivity contribution in [2.75, 3.05) is 7.05 Å². The van der Waals surface area contributed by atoms with E-state index in [1.54, 1.807) is 13.2 Å². The number of thiazole rings is 1. The van der Waals surface area contributed by atoms with Gasteiger partial charge in [0.25, 0.3) is 5.91 Å². The van der Waals surface area contributed by atoms with Gasteiger partial charge in [-0.15, -0.1) is 11.3 Å². The van der Waals surface area contributed by atoms with Crippen LogP contribution in [0.5, 0.6) is 0 Å². The summed E-state index contributed by atoms with van der Waals surface area (Å²) < 4.78 is 0. The first kappa shape index (κ1) is 8.20. The Morgan fingerprint density at radius 2 is 2.55 bits per heavy atom. The van der Waals surface area contributed by atoms with Gasteiger partial charge in [-0.05, 0) is 6.42 Å². The molecule has 1 aromatic heterocycles. The third-order valence-electron chi connectivity index (χ3n) is 1.31. The van der Waals surface area contributed by atoms with Gasteiger partial charge in [-0.25, -0.2) is 4.98 Å². The summed E-state index contributed by atoms with van der Waals surface area (Å²) >= 11 is 1.44. The molecule has 4 heteroatoms. The van der Waals surface area contributed by atoms with Gasteiger partial charge in [-0.3, -0.25) is 4.79 Å². The summed E-state index contributed by atoms with van der Waals surface area (Å²) in [7, 11) is 1.62. The third kappa shape index (κ3) is 1.77. The van der Waals surface area contributed by atoms with Gasteiger partial charge in [0.1, 0.15) is 4.88 Å². The number of carbonyl (C=O) groups is 1. The van der Waals surface area contributed by atoms with Crippen LogP contribution in [0.3, 0.4) is 0 Å². The summed E-state index contributed by atoms with van der Waals surface area (Å²) in [5.74, 6) is -0.0535. The second-order valence-corrected chi connectivity index (χ2v) is 3.17. The van der Waals surface area contributed by atoms with E-state index in [1.807, 2.05) is 6.92 Å². The zero-order valence-electron chi connectivity index (χ0n) is 6.55. The van der Waals surface area contributed by atoms with Crippen LogP contribution in [0.1, 0.15) is 21.6 Å². The molecule has 0 saturated carbocycles. The Hall–Kier alpha value is -0.900. The van der Waals surface area contributed by atoms with Crippen LogP contribution in [0.25, 0.3) is 0 Å². The highest BCUT2D eigenvalue weighted by Gasteiger charge is 2.06. The summed E-state index contributed by atoms with van der Waals surface area (Å²) in [4.78, 5) is 15.7. The molecular formula is C7H10N2OS. The van der Waals surface area contributed by atoms with Gasteiger partial charge in [0, 0.05) is 7.05 Å². The van der Waals surface area contributed by atoms with E-state index in [9.17, 15) is 4.79 Å². The molecule has 1 aromatic rings. The highest BCUT2D eigenvalue weighted by Crippen LogP contribution is 2.12. The monoisotopic (exact) mass is 170 g/mol. The molecule has 0 fully saturated rings. The molecule has 1 amide bonds. The predicted molar refractivity (Wildman–Crippen MR) is 44.9 cm³/mol. The van der Waals surface area contributed by atoms with Crippen molar-refractivity contribution < 1.29 is 4.79 Å². The number of hydrogen-bond donors (Lipinski definition) is 1. The minimum absolute atomic E-state index is 0.0535. The van der Waals surface area contributed by atoms with Gasteiger partial charge >= 0.3 is 0 Å². The third-order valence-corrected chi connectivity index (χ3v) is 2.45. The molecule has 11 heavy (non-hydrogen) atoms. The fraction of sp³-hybridized carbons (Fsp3) is 0.429. The van der Waals surface area contributed by atoms with Crippen LogP contribution < -0.4 is 5.32 Å². The topological polar surface area (TPSA) is 42.0 Å². The van der Waals surface area contributed by atoms with E-state index in [4.69, 9.17) is 0 Å². The number of aryl methyl sites for hydroxylation is 1. The average molecular weight is 170 g/mol. The number of nitrogens with zero attached hydrogens (tertiary/aromatic N) is 1. The maximum atomic E-state index is 11.0. The van der Waals surface area contributed by atoms with Crippen molar-refractivity contribution in [3.05, 3.63) is 16.1 Å². The Bertz CT molecular complexity index is 257. The Kier molecular flexibility index (Phi) is 2.59. The van der Waals surface area contributed by atoms with Crippen molar-refractivity contribution in [1.82, 2.24) is 10.3 Å². The molecule has 0 aromatic carbocycles. The lowest BCUT2D eigenvalue weighted by Gasteiger charge is -1.90. The van der Waals surface area contributed by atoms with Crippen LogP contribution in [0.15, 0.2) is 6.20 Å². The van der Waals surface area contributed by atoms with Gasteiger partial charge in [-0.2, -0.15) is 0 Å². The SMILES string of the molecule is CCc1ncc(C(=O)NC)s1. The Balaban J connectivity index is 2.80. The first-order valence-corrected chi connectivity index (χ1v) is 4.26. The van der Waals surface area contributed by atoms with E-state index in [-0.39, 0.29) is 5.91 Å². The number of hydrogen-bond acceptors (Lipinski definition) is 3. The normalized spacial score (nSPS) is 9.64. The molecule has 0 saturated heterocycles. The molecule has 0 radical (unpaired) electrons. The van der Waals surface area contributed by atoms with E-state index >= 15 is 0 Å². The maximum absolute atomic E-state index is 11.0. The molecule has 1 rings (SSSR count). The molecule has 0 spiro atoms. The fourth-order valence-corrected chi connectivity index (χ4v) is 1.51. The van der Waals surface area contributed by atoms with Crippen LogP contribution in [0, 0.1) is 0 Å². The number of rotatable bonds is 2. The lowest BCUT2D eigenvalue weighted by molar-refractivity contribution is 0.0967. The van der Waals surface area contributed by atoms with Crippen LogP contribution in [-0.2, 0) is 6.42 Å². The Morgan fingerprint density at radius 3 is 3.00 bits per heavy atom. The number of carbonyl (C=O) groups excluding carboxylic acids is 1. The second-order valence-electron chi connectivity index (χ2n) is 2.05. The highest BCUT2D eigenvalue weighted by molar-refractivity contribution is 7.13. The lowest BCUT2D eigenvalue weighted by Crippen LogP contribution is -2.16. The molecule has 0 aliphatic carbocycles. The van der Waals surface area contributed by atoms with E-state index in [2.05, 4.69) is 10.3 Å². The Labute approximate surface area is 69.5 Å². The maximum Gasteiger partial charge on any atom is 0.262 e. The van der Waals surface area contributed by atoms with E-state index in [1.165, 1.54) is 11.3 Å². The molecule has 1 heterocycles. The largest absolute Gasteiger partial charge is 0.354 e. The van der Waals surface area contributed by atoms with Crippen LogP contribution in [-0.4, -0.2) is 17.9 Å². The number of aromatic nitrogens is 1. The highest BCUT2D eigenvalue weighted by atomic mass is 32.1. The van der Waals surface area contributed by atoms with Gasteiger partial charge < -0.3 is 5.32 Å². The summed E-state index contributed by atoms with van der Waals surface area (Å²) in [6.07, 6.45) is 2.50. The standard InChI is InChI=1S/C7H10N2OS/c1-3-6-9-4-5(11-6)7(10)8-2/h4H,3H2,1-2H3,(H,8,10). The fourth-order valence-electron chi connectivity index (χ4n) is 0.702. The molecule has 3 nitrogen and oxygen atoms in total. The van der Waals surface area contributed by atoms with Crippen molar-refractivity contribution in [2.45, 2.75) is 13.3 Å². The molecule has 0 bridgehead atoms. The summed E-state index contributed by atoms with van der Waals surface area (Å²) in [5.41, 5.74) is 0. The van der Waals surface area contributed by atoms with Crippen molar-refractivity contribution in [3.63, 3.8) is 0 Å². The minimum atomic E-state index is -0.0535. The zero-order valence-corrected chi connectivity index (χ0v) is 7.36. The van der Waals surface area contributed by atoms with Crippen LogP contribution in [0.2, 0.25) is 0 Å². The minimum Gasteiger partial charge on any atom is -0.354 e. The van der Waals surface area contributed by atoms with Crippen LogP contribution >= 0.6 is 11.3 Å². The van der Waals surface area contributed by atoms with Gasteiger partial charge in [-0.1, -0.05) is 6.92 Å². The van der Waals surface area contributed by atoms with Crippen molar-refractivity contribution in [1.29, 1.82) is 0 Å². The predicted octanol–water partition coefficient (Wildman–Crippen LogP) is 1.07. The molecule has 0 aliphatic rings. The first-order valence-electron chi connectivity index (χ1n) is 3.44. The van der Waals surface area contributed by atoms with Gasteiger partial charge in [0.05, 0.1) is 11.2 Å². The Morgan fingerprint density at radius 1 is 1.82 bits per heavy atom. The van der Waals surface area contributed by atoms with E-state index < -0.39 is 0 Å². The van der Waals surface area contributed by atoms with Crippen molar-refractivity contribution in [3.8, 4) is 0 Å². The first-order chi connectivity index (χ1) is 5.27. The molecular weight excluding hydrogens is 160 g/mol. The van der Waals surface area contributed by atoms with Gasteiger partial charge in [0.2, 0.25) is 0 Å². The van der Waals surface area contributed by atoms with Crippen molar-refractivity contribution >= 4 is 17.2 Å². The lowest BCUT2D eigenvalue weighted by atomic mass is 10.5. The molecule has 0 atom stereocenters. The quantitative estimate of drug-likeness (QED) is 0.721. The van der Waals surface area contributed by atoms with E-state index in [0.717, 1.165) is 11.4 Å². The van der Waals surface area contributed by atoms with E-state index in [0.29, 0.717) is 4.88 Å².